The molecule has 0 atom stereocenters. The summed E-state index contributed by atoms with van der Waals surface area (Å²) in [6.45, 7) is 4.03. The Labute approximate surface area is 179 Å². The van der Waals surface area contributed by atoms with E-state index in [1.807, 2.05) is 6.92 Å². The summed E-state index contributed by atoms with van der Waals surface area (Å²) < 4.78 is 18.2. The number of anilines is 1. The zero-order valence-electron chi connectivity index (χ0n) is 18.1. The van der Waals surface area contributed by atoms with Crippen molar-refractivity contribution in [1.29, 1.82) is 0 Å². The number of carbonyl (C=O) groups excluding carboxylic acids is 1. The third-order valence-electron chi connectivity index (χ3n) is 7.91. The van der Waals surface area contributed by atoms with Crippen molar-refractivity contribution in [3.8, 4) is 0 Å². The van der Waals surface area contributed by atoms with Gasteiger partial charge in [-0.15, -0.1) is 0 Å². The third-order valence-corrected chi connectivity index (χ3v) is 7.91. The zero-order valence-corrected chi connectivity index (χ0v) is 18.1. The normalized spacial score (nSPS) is 29.6. The molecule has 4 aliphatic rings. The molecule has 0 radical (unpaired) electrons. The number of carbonyl (C=O) groups is 1. The van der Waals surface area contributed by atoms with Crippen LogP contribution in [0.2, 0.25) is 0 Å². The van der Waals surface area contributed by atoms with Gasteiger partial charge in [0.05, 0.1) is 6.33 Å². The molecule has 4 nitrogen and oxygen atoms in total. The predicted molar refractivity (Wildman–Crippen MR) is 118 cm³/mol. The van der Waals surface area contributed by atoms with Gasteiger partial charge in [0.25, 0.3) is 0 Å². The highest BCUT2D eigenvalue weighted by atomic mass is 19.1. The van der Waals surface area contributed by atoms with Crippen LogP contribution in [0, 0.1) is 5.41 Å². The fourth-order valence-electron chi connectivity index (χ4n) is 5.54. The molecule has 0 spiro atoms. The standard InChI is InChI=1S/C25H35FN2O2/c1-2-19(17-26)18-27-21-5-3-20(4-6-21)24-9-12-25(13-10-24,14-11-24)23(29)28-22-7-15-30-16-8-22/h3-6,17,22,27H,2,7-16,18H2,1H3,(H,28,29)/b19-17+. The van der Waals surface area contributed by atoms with Gasteiger partial charge in [0, 0.05) is 36.9 Å². The highest BCUT2D eigenvalue weighted by Gasteiger charge is 2.53. The van der Waals surface area contributed by atoms with E-state index in [1.165, 1.54) is 5.56 Å². The molecule has 5 rings (SSSR count). The lowest BCUT2D eigenvalue weighted by Gasteiger charge is -2.53. The van der Waals surface area contributed by atoms with Crippen LogP contribution in [-0.4, -0.2) is 31.7 Å². The Balaban J connectivity index is 1.36. The number of rotatable bonds is 7. The summed E-state index contributed by atoms with van der Waals surface area (Å²) in [6, 6.07) is 8.98. The summed E-state index contributed by atoms with van der Waals surface area (Å²) in [5.74, 6) is 0.287. The number of ether oxygens (including phenoxy) is 1. The van der Waals surface area contributed by atoms with Crippen LogP contribution in [0.3, 0.4) is 0 Å². The van der Waals surface area contributed by atoms with Crippen LogP contribution in [0.15, 0.2) is 36.2 Å². The third kappa shape index (κ3) is 4.27. The van der Waals surface area contributed by atoms with E-state index in [0.29, 0.717) is 19.3 Å². The first-order chi connectivity index (χ1) is 14.6. The van der Waals surface area contributed by atoms with E-state index >= 15 is 0 Å². The van der Waals surface area contributed by atoms with Gasteiger partial charge in [0.1, 0.15) is 0 Å². The Morgan fingerprint density at radius 1 is 1.10 bits per heavy atom. The van der Waals surface area contributed by atoms with Gasteiger partial charge in [-0.1, -0.05) is 19.1 Å². The van der Waals surface area contributed by atoms with Gasteiger partial charge >= 0.3 is 0 Å². The van der Waals surface area contributed by atoms with Crippen molar-refractivity contribution in [2.45, 2.75) is 76.2 Å². The Kier molecular flexibility index (Phi) is 6.47. The van der Waals surface area contributed by atoms with Crippen molar-refractivity contribution < 1.29 is 13.9 Å². The number of halogens is 1. The fourth-order valence-corrected chi connectivity index (χ4v) is 5.54. The van der Waals surface area contributed by atoms with Crippen molar-refractivity contribution in [2.24, 2.45) is 5.41 Å². The first kappa shape index (κ1) is 21.4. The molecule has 3 aliphatic carbocycles. The molecule has 164 valence electrons. The van der Waals surface area contributed by atoms with Crippen LogP contribution in [0.4, 0.5) is 10.1 Å². The van der Waals surface area contributed by atoms with Crippen LogP contribution in [0.5, 0.6) is 0 Å². The molecule has 2 N–H and O–H groups in total. The summed E-state index contributed by atoms with van der Waals surface area (Å²) in [5, 5.41) is 6.65. The number of amides is 1. The Morgan fingerprint density at radius 3 is 2.30 bits per heavy atom. The largest absolute Gasteiger partial charge is 0.381 e. The number of nitrogens with one attached hydrogen (secondary N) is 2. The second kappa shape index (κ2) is 9.09. The van der Waals surface area contributed by atoms with Gasteiger partial charge in [-0.05, 0) is 86.5 Å². The minimum absolute atomic E-state index is 0.156. The van der Waals surface area contributed by atoms with E-state index in [9.17, 15) is 9.18 Å². The maximum Gasteiger partial charge on any atom is 0.226 e. The second-order valence-corrected chi connectivity index (χ2v) is 9.47. The van der Waals surface area contributed by atoms with E-state index in [4.69, 9.17) is 4.74 Å². The SMILES string of the molecule is CC/C(=C\F)CNc1ccc(C23CCC(C(=O)NC4CCOCC4)(CC2)CC3)cc1. The van der Waals surface area contributed by atoms with Gasteiger partial charge in [0.15, 0.2) is 0 Å². The molecule has 5 heteroatoms. The van der Waals surface area contributed by atoms with Crippen molar-refractivity contribution >= 4 is 11.6 Å². The average molecular weight is 415 g/mol. The van der Waals surface area contributed by atoms with Gasteiger partial charge in [-0.2, -0.15) is 0 Å². The van der Waals surface area contributed by atoms with Crippen LogP contribution in [0.1, 0.15) is 70.3 Å². The number of hydrogen-bond acceptors (Lipinski definition) is 3. The summed E-state index contributed by atoms with van der Waals surface area (Å²) in [6.07, 6.45) is 9.53. The highest BCUT2D eigenvalue weighted by molar-refractivity contribution is 5.83. The molecule has 1 amide bonds. The molecule has 0 unspecified atom stereocenters. The van der Waals surface area contributed by atoms with Crippen LogP contribution in [-0.2, 0) is 14.9 Å². The van der Waals surface area contributed by atoms with Crippen molar-refractivity contribution in [3.05, 3.63) is 41.7 Å². The highest BCUT2D eigenvalue weighted by Crippen LogP contribution is 2.58. The Hall–Kier alpha value is -1.88. The minimum atomic E-state index is -0.156. The molecule has 1 saturated heterocycles. The molecule has 30 heavy (non-hydrogen) atoms. The quantitative estimate of drug-likeness (QED) is 0.641. The van der Waals surface area contributed by atoms with Gasteiger partial charge in [-0.25, -0.2) is 4.39 Å². The molecule has 4 fully saturated rings. The Morgan fingerprint density at radius 2 is 1.73 bits per heavy atom. The lowest BCUT2D eigenvalue weighted by atomic mass is 9.51. The minimum Gasteiger partial charge on any atom is -0.381 e. The van der Waals surface area contributed by atoms with E-state index < -0.39 is 0 Å². The predicted octanol–water partition coefficient (Wildman–Crippen LogP) is 5.25. The van der Waals surface area contributed by atoms with E-state index in [1.54, 1.807) is 0 Å². The molecule has 1 aliphatic heterocycles. The fraction of sp³-hybridized carbons (Fsp3) is 0.640. The molecule has 1 aromatic carbocycles. The van der Waals surface area contributed by atoms with Crippen molar-refractivity contribution in [3.63, 3.8) is 0 Å². The molecule has 3 saturated carbocycles. The van der Waals surface area contributed by atoms with Gasteiger partial charge < -0.3 is 15.4 Å². The Bertz CT molecular complexity index is 743. The molecular weight excluding hydrogens is 379 g/mol. The van der Waals surface area contributed by atoms with Crippen molar-refractivity contribution in [2.75, 3.05) is 25.1 Å². The van der Waals surface area contributed by atoms with Crippen LogP contribution < -0.4 is 10.6 Å². The number of fused-ring (bicyclic) bond motifs is 3. The second-order valence-electron chi connectivity index (χ2n) is 9.47. The monoisotopic (exact) mass is 414 g/mol. The van der Waals surface area contributed by atoms with Gasteiger partial charge in [-0.3, -0.25) is 4.79 Å². The molecule has 0 aromatic heterocycles. The lowest BCUT2D eigenvalue weighted by molar-refractivity contribution is -0.139. The first-order valence-electron chi connectivity index (χ1n) is 11.6. The van der Waals surface area contributed by atoms with Crippen LogP contribution in [0.25, 0.3) is 0 Å². The zero-order chi connectivity index (χ0) is 21.0. The maximum atomic E-state index is 13.1. The maximum absolute atomic E-state index is 13.1. The molecule has 1 aromatic rings. The summed E-state index contributed by atoms with van der Waals surface area (Å²) >= 11 is 0. The summed E-state index contributed by atoms with van der Waals surface area (Å²) in [5.41, 5.74) is 3.25. The first-order valence-corrected chi connectivity index (χ1v) is 11.6. The van der Waals surface area contributed by atoms with Crippen molar-refractivity contribution in [1.82, 2.24) is 5.32 Å². The van der Waals surface area contributed by atoms with Crippen LogP contribution >= 0.6 is 0 Å². The number of benzene rings is 1. The molecular formula is C25H35FN2O2. The van der Waals surface area contributed by atoms with E-state index in [-0.39, 0.29) is 22.8 Å². The smallest absolute Gasteiger partial charge is 0.226 e. The van der Waals surface area contributed by atoms with E-state index in [0.717, 1.165) is 75.8 Å². The summed E-state index contributed by atoms with van der Waals surface area (Å²) in [7, 11) is 0. The number of hydrogen-bond donors (Lipinski definition) is 2. The molecule has 2 bridgehead atoms. The topological polar surface area (TPSA) is 50.4 Å². The van der Waals surface area contributed by atoms with E-state index in [2.05, 4.69) is 34.9 Å². The molecule has 1 heterocycles. The summed E-state index contributed by atoms with van der Waals surface area (Å²) in [4.78, 5) is 13.1. The average Bonchev–Trinajstić information content (AvgIpc) is 2.82. The lowest BCUT2D eigenvalue weighted by Crippen LogP contribution is -2.54. The van der Waals surface area contributed by atoms with Gasteiger partial charge in [0.2, 0.25) is 5.91 Å².